The number of rotatable bonds is 2. The Morgan fingerprint density at radius 2 is 2.25 bits per heavy atom. The van der Waals surface area contributed by atoms with E-state index in [1.54, 1.807) is 12.3 Å². The van der Waals surface area contributed by atoms with Crippen molar-refractivity contribution in [1.82, 2.24) is 14.8 Å². The fourth-order valence-electron chi connectivity index (χ4n) is 3.25. The van der Waals surface area contributed by atoms with Crippen molar-refractivity contribution in [3.63, 3.8) is 0 Å². The van der Waals surface area contributed by atoms with Crippen LogP contribution < -0.4 is 0 Å². The zero-order valence-electron chi connectivity index (χ0n) is 11.8. The quantitative estimate of drug-likeness (QED) is 0.889. The van der Waals surface area contributed by atoms with Gasteiger partial charge in [0, 0.05) is 31.4 Å². The van der Waals surface area contributed by atoms with Crippen LogP contribution in [0.2, 0.25) is 0 Å². The molecule has 1 aromatic heterocycles. The fraction of sp³-hybridized carbons (Fsp3) is 0.600. The van der Waals surface area contributed by atoms with E-state index in [-0.39, 0.29) is 5.91 Å². The molecule has 0 radical (unpaired) electrons. The largest absolute Gasteiger partial charge is 0.356 e. The van der Waals surface area contributed by atoms with E-state index < -0.39 is 0 Å². The lowest BCUT2D eigenvalue weighted by molar-refractivity contribution is 0.00185. The van der Waals surface area contributed by atoms with E-state index in [4.69, 9.17) is 5.26 Å². The molecule has 20 heavy (non-hydrogen) atoms. The van der Waals surface area contributed by atoms with E-state index in [0.717, 1.165) is 19.6 Å². The molecule has 5 heteroatoms. The first-order valence-electron chi connectivity index (χ1n) is 7.32. The van der Waals surface area contributed by atoms with E-state index in [1.165, 1.54) is 19.3 Å². The number of hydrogen-bond acceptors (Lipinski definition) is 3. The summed E-state index contributed by atoms with van der Waals surface area (Å²) in [6, 6.07) is 4.81. The third kappa shape index (κ3) is 2.32. The smallest absolute Gasteiger partial charge is 0.270 e. The highest BCUT2D eigenvalue weighted by molar-refractivity contribution is 5.93. The number of carbonyl (C=O) groups is 1. The monoisotopic (exact) mass is 272 g/mol. The Hall–Kier alpha value is -1.80. The van der Waals surface area contributed by atoms with Crippen molar-refractivity contribution in [2.75, 3.05) is 19.6 Å². The summed E-state index contributed by atoms with van der Waals surface area (Å²) in [5.74, 6) is 0.00686. The van der Waals surface area contributed by atoms with Gasteiger partial charge in [0.05, 0.1) is 5.56 Å². The van der Waals surface area contributed by atoms with Gasteiger partial charge in [-0.25, -0.2) is 0 Å². The lowest BCUT2D eigenvalue weighted by atomic mass is 9.97. The van der Waals surface area contributed by atoms with Gasteiger partial charge < -0.3 is 9.88 Å². The first kappa shape index (κ1) is 13.2. The minimum absolute atomic E-state index is 0.00686. The number of likely N-dealkylation sites (tertiary alicyclic amines) is 2. The van der Waals surface area contributed by atoms with Crippen LogP contribution in [0, 0.1) is 11.3 Å². The number of nitrogens with one attached hydrogen (secondary N) is 1. The first-order valence-corrected chi connectivity index (χ1v) is 7.32. The SMILES string of the molecule is CC1CCCCN1C1CN(C(=O)c2cc(C#N)c[nH]2)C1. The van der Waals surface area contributed by atoms with Gasteiger partial charge in [-0.15, -0.1) is 0 Å². The average Bonchev–Trinajstić information content (AvgIpc) is 2.88. The van der Waals surface area contributed by atoms with Gasteiger partial charge in [-0.3, -0.25) is 9.69 Å². The molecule has 0 spiro atoms. The normalized spacial score (nSPS) is 24.2. The number of nitriles is 1. The first-order chi connectivity index (χ1) is 9.69. The van der Waals surface area contributed by atoms with Crippen LogP contribution in [0.3, 0.4) is 0 Å². The van der Waals surface area contributed by atoms with Crippen LogP contribution >= 0.6 is 0 Å². The predicted molar refractivity (Wildman–Crippen MR) is 75.2 cm³/mol. The summed E-state index contributed by atoms with van der Waals surface area (Å²) in [5.41, 5.74) is 1.03. The minimum Gasteiger partial charge on any atom is -0.356 e. The van der Waals surface area contributed by atoms with Crippen LogP contribution in [0.5, 0.6) is 0 Å². The second-order valence-electron chi connectivity index (χ2n) is 5.86. The van der Waals surface area contributed by atoms with Crippen LogP contribution in [0.1, 0.15) is 42.2 Å². The van der Waals surface area contributed by atoms with Crippen molar-refractivity contribution in [1.29, 1.82) is 5.26 Å². The highest BCUT2D eigenvalue weighted by Gasteiger charge is 2.37. The van der Waals surface area contributed by atoms with E-state index in [2.05, 4.69) is 16.8 Å². The summed E-state index contributed by atoms with van der Waals surface area (Å²) in [7, 11) is 0. The Labute approximate surface area is 119 Å². The number of aromatic nitrogens is 1. The van der Waals surface area contributed by atoms with E-state index in [9.17, 15) is 4.79 Å². The molecule has 1 N–H and O–H groups in total. The Bertz CT molecular complexity index is 538. The summed E-state index contributed by atoms with van der Waals surface area (Å²) in [6.45, 7) is 5.07. The molecule has 2 aliphatic heterocycles. The van der Waals surface area contributed by atoms with Gasteiger partial charge >= 0.3 is 0 Å². The van der Waals surface area contributed by atoms with Crippen molar-refractivity contribution in [2.45, 2.75) is 38.3 Å². The van der Waals surface area contributed by atoms with E-state index >= 15 is 0 Å². The van der Waals surface area contributed by atoms with Crippen molar-refractivity contribution >= 4 is 5.91 Å². The van der Waals surface area contributed by atoms with Crippen molar-refractivity contribution in [3.05, 3.63) is 23.5 Å². The Kier molecular flexibility index (Phi) is 3.49. The lowest BCUT2D eigenvalue weighted by Gasteiger charge is -2.49. The number of H-pyrrole nitrogens is 1. The van der Waals surface area contributed by atoms with Crippen LogP contribution in [0.15, 0.2) is 12.3 Å². The van der Waals surface area contributed by atoms with Gasteiger partial charge in [-0.2, -0.15) is 5.26 Å². The second kappa shape index (κ2) is 5.29. The molecule has 1 unspecified atom stereocenters. The molecule has 3 heterocycles. The molecular formula is C15H20N4O. The molecule has 1 aromatic rings. The number of nitrogens with zero attached hydrogens (tertiary/aromatic N) is 3. The maximum absolute atomic E-state index is 12.2. The number of carbonyl (C=O) groups excluding carboxylic acids is 1. The van der Waals surface area contributed by atoms with Crippen molar-refractivity contribution in [3.8, 4) is 6.07 Å². The van der Waals surface area contributed by atoms with Gasteiger partial charge in [0.1, 0.15) is 11.8 Å². The standard InChI is InChI=1S/C15H20N4O/c1-11-4-2-3-5-19(11)13-9-18(10-13)15(20)14-6-12(7-16)8-17-14/h6,8,11,13,17H,2-5,9-10H2,1H3. The fourth-order valence-corrected chi connectivity index (χ4v) is 3.25. The summed E-state index contributed by atoms with van der Waals surface area (Å²) in [6.07, 6.45) is 5.45. The molecule has 2 aliphatic rings. The molecule has 0 saturated carbocycles. The maximum atomic E-state index is 12.2. The molecule has 2 saturated heterocycles. The summed E-state index contributed by atoms with van der Waals surface area (Å²) < 4.78 is 0. The van der Waals surface area contributed by atoms with E-state index in [1.807, 2.05) is 11.0 Å². The summed E-state index contributed by atoms with van der Waals surface area (Å²) in [5, 5.41) is 8.78. The molecular weight excluding hydrogens is 252 g/mol. The van der Waals surface area contributed by atoms with Gasteiger partial charge in [-0.1, -0.05) is 6.42 Å². The van der Waals surface area contributed by atoms with Crippen LogP contribution in [-0.4, -0.2) is 52.4 Å². The van der Waals surface area contributed by atoms with Gasteiger partial charge in [0.15, 0.2) is 0 Å². The highest BCUT2D eigenvalue weighted by Crippen LogP contribution is 2.25. The molecule has 1 atom stereocenters. The molecule has 2 fully saturated rings. The predicted octanol–water partition coefficient (Wildman–Crippen LogP) is 1.59. The molecule has 0 bridgehead atoms. The zero-order valence-corrected chi connectivity index (χ0v) is 11.8. The summed E-state index contributed by atoms with van der Waals surface area (Å²) >= 11 is 0. The summed E-state index contributed by atoms with van der Waals surface area (Å²) in [4.78, 5) is 19.5. The third-order valence-corrected chi connectivity index (χ3v) is 4.52. The molecule has 106 valence electrons. The number of piperidine rings is 1. The van der Waals surface area contributed by atoms with Gasteiger partial charge in [-0.05, 0) is 32.4 Å². The Balaban J connectivity index is 1.57. The van der Waals surface area contributed by atoms with Crippen molar-refractivity contribution in [2.24, 2.45) is 0 Å². The van der Waals surface area contributed by atoms with Gasteiger partial charge in [0.25, 0.3) is 5.91 Å². The average molecular weight is 272 g/mol. The van der Waals surface area contributed by atoms with Crippen LogP contribution in [-0.2, 0) is 0 Å². The van der Waals surface area contributed by atoms with Crippen molar-refractivity contribution < 1.29 is 4.79 Å². The minimum atomic E-state index is 0.00686. The van der Waals surface area contributed by atoms with Crippen LogP contribution in [0.25, 0.3) is 0 Å². The molecule has 5 nitrogen and oxygen atoms in total. The number of amides is 1. The zero-order chi connectivity index (χ0) is 14.1. The number of hydrogen-bond donors (Lipinski definition) is 1. The highest BCUT2D eigenvalue weighted by atomic mass is 16.2. The van der Waals surface area contributed by atoms with Crippen LogP contribution in [0.4, 0.5) is 0 Å². The topological polar surface area (TPSA) is 63.1 Å². The third-order valence-electron chi connectivity index (χ3n) is 4.52. The van der Waals surface area contributed by atoms with E-state index in [0.29, 0.717) is 23.3 Å². The number of aromatic amines is 1. The maximum Gasteiger partial charge on any atom is 0.270 e. The second-order valence-corrected chi connectivity index (χ2v) is 5.86. The Morgan fingerprint density at radius 1 is 1.45 bits per heavy atom. The Morgan fingerprint density at radius 3 is 2.90 bits per heavy atom. The molecule has 1 amide bonds. The molecule has 0 aliphatic carbocycles. The molecule has 3 rings (SSSR count). The van der Waals surface area contributed by atoms with Gasteiger partial charge in [0.2, 0.25) is 0 Å². The molecule has 0 aromatic carbocycles. The lowest BCUT2D eigenvalue weighted by Crippen LogP contribution is -2.63.